The van der Waals surface area contributed by atoms with E-state index in [1.165, 1.54) is 7.11 Å². The number of urea groups is 1. The molecular weight excluding hydrogens is 320 g/mol. The van der Waals surface area contributed by atoms with Gasteiger partial charge in [-0.1, -0.05) is 6.07 Å². The normalized spacial score (nSPS) is 22.0. The quantitative estimate of drug-likeness (QED) is 0.837. The molecule has 0 aromatic heterocycles. The van der Waals surface area contributed by atoms with Gasteiger partial charge in [0.1, 0.15) is 0 Å². The van der Waals surface area contributed by atoms with Gasteiger partial charge in [-0.15, -0.1) is 0 Å². The van der Waals surface area contributed by atoms with E-state index in [4.69, 9.17) is 4.74 Å². The number of methoxy groups -OCH3 is 1. The Morgan fingerprint density at radius 1 is 1.16 bits per heavy atom. The lowest BCUT2D eigenvalue weighted by Gasteiger charge is -2.36. The summed E-state index contributed by atoms with van der Waals surface area (Å²) < 4.78 is 4.71. The molecule has 2 aliphatic rings. The van der Waals surface area contributed by atoms with Crippen molar-refractivity contribution in [2.75, 3.05) is 58.7 Å². The number of carbonyl (C=O) groups is 2. The first-order chi connectivity index (χ1) is 12.1. The molecule has 7 heteroatoms. The molecule has 136 valence electrons. The molecule has 1 N–H and O–H groups in total. The molecule has 0 radical (unpaired) electrons. The first kappa shape index (κ1) is 17.7. The average molecular weight is 346 g/mol. The fraction of sp³-hybridized carbons (Fsp3) is 0.556. The van der Waals surface area contributed by atoms with Crippen LogP contribution in [-0.4, -0.2) is 86.2 Å². The Hall–Kier alpha value is -2.12. The minimum absolute atomic E-state index is 0.112. The van der Waals surface area contributed by atoms with Gasteiger partial charge >= 0.3 is 12.0 Å². The van der Waals surface area contributed by atoms with Crippen LogP contribution < -0.4 is 5.32 Å². The lowest BCUT2D eigenvalue weighted by atomic mass is 10.2. The second kappa shape index (κ2) is 7.84. The molecule has 2 saturated heterocycles. The van der Waals surface area contributed by atoms with Crippen LogP contribution in [0, 0.1) is 0 Å². The zero-order valence-corrected chi connectivity index (χ0v) is 14.9. The summed E-state index contributed by atoms with van der Waals surface area (Å²) in [6, 6.07) is 7.15. The third-order valence-corrected chi connectivity index (χ3v) is 5.04. The number of carbonyl (C=O) groups excluding carboxylic acids is 2. The highest BCUT2D eigenvalue weighted by molar-refractivity contribution is 5.94. The fourth-order valence-corrected chi connectivity index (χ4v) is 3.46. The van der Waals surface area contributed by atoms with Crippen LogP contribution in [0.25, 0.3) is 0 Å². The minimum Gasteiger partial charge on any atom is -0.465 e. The maximum absolute atomic E-state index is 12.5. The second-order valence-corrected chi connectivity index (χ2v) is 6.73. The Labute approximate surface area is 148 Å². The third kappa shape index (κ3) is 4.29. The molecule has 2 amide bonds. The molecule has 0 saturated carbocycles. The van der Waals surface area contributed by atoms with E-state index in [2.05, 4.69) is 22.2 Å². The highest BCUT2D eigenvalue weighted by Crippen LogP contribution is 2.19. The van der Waals surface area contributed by atoms with Gasteiger partial charge in [0.15, 0.2) is 0 Å². The van der Waals surface area contributed by atoms with Gasteiger partial charge in [-0.2, -0.15) is 0 Å². The second-order valence-electron chi connectivity index (χ2n) is 6.73. The van der Waals surface area contributed by atoms with E-state index >= 15 is 0 Å². The predicted octanol–water partition coefficient (Wildman–Crippen LogP) is 1.33. The Kier molecular flexibility index (Phi) is 5.55. The monoisotopic (exact) mass is 346 g/mol. The molecular formula is C18H26N4O3. The SMILES string of the molecule is COC(=O)c1cccc(NC(=O)N2CCC(N3CCN(C)CC3)C2)c1. The average Bonchev–Trinajstić information content (AvgIpc) is 3.12. The molecule has 2 heterocycles. The first-order valence-corrected chi connectivity index (χ1v) is 8.73. The topological polar surface area (TPSA) is 65.1 Å². The number of hydrogen-bond acceptors (Lipinski definition) is 5. The van der Waals surface area contributed by atoms with Crippen LogP contribution in [0.4, 0.5) is 10.5 Å². The molecule has 0 spiro atoms. The molecule has 2 aliphatic heterocycles. The zero-order valence-electron chi connectivity index (χ0n) is 14.9. The molecule has 2 fully saturated rings. The number of likely N-dealkylation sites (tertiary alicyclic amines) is 1. The van der Waals surface area contributed by atoms with Crippen molar-refractivity contribution in [3.63, 3.8) is 0 Å². The molecule has 1 aromatic carbocycles. The highest BCUT2D eigenvalue weighted by atomic mass is 16.5. The van der Waals surface area contributed by atoms with Crippen molar-refractivity contribution in [1.82, 2.24) is 14.7 Å². The maximum atomic E-state index is 12.5. The smallest absolute Gasteiger partial charge is 0.337 e. The van der Waals surface area contributed by atoms with Crippen molar-refractivity contribution in [3.8, 4) is 0 Å². The summed E-state index contributed by atoms with van der Waals surface area (Å²) in [5.41, 5.74) is 1.04. The number of nitrogens with one attached hydrogen (secondary N) is 1. The standard InChI is InChI=1S/C18H26N4O3/c1-20-8-10-21(11-9-20)16-6-7-22(13-16)18(24)19-15-5-3-4-14(12-15)17(23)25-2/h3-5,12,16H,6-11,13H2,1-2H3,(H,19,24). The lowest BCUT2D eigenvalue weighted by Crippen LogP contribution is -2.50. The van der Waals surface area contributed by atoms with Crippen molar-refractivity contribution in [3.05, 3.63) is 29.8 Å². The van der Waals surface area contributed by atoms with Crippen molar-refractivity contribution in [2.24, 2.45) is 0 Å². The predicted molar refractivity (Wildman–Crippen MR) is 95.8 cm³/mol. The van der Waals surface area contributed by atoms with Gasteiger partial charge in [0.25, 0.3) is 0 Å². The van der Waals surface area contributed by atoms with Gasteiger partial charge in [-0.3, -0.25) is 4.90 Å². The van der Waals surface area contributed by atoms with E-state index in [-0.39, 0.29) is 6.03 Å². The number of anilines is 1. The summed E-state index contributed by atoms with van der Waals surface area (Å²) in [5, 5.41) is 2.89. The third-order valence-electron chi connectivity index (χ3n) is 5.04. The molecule has 0 aliphatic carbocycles. The summed E-state index contributed by atoms with van der Waals surface area (Å²) in [6.07, 6.45) is 1.01. The van der Waals surface area contributed by atoms with Gasteiger partial charge in [0.2, 0.25) is 0 Å². The summed E-state index contributed by atoms with van der Waals surface area (Å²) in [5.74, 6) is -0.410. The number of hydrogen-bond donors (Lipinski definition) is 1. The molecule has 25 heavy (non-hydrogen) atoms. The summed E-state index contributed by atoms with van der Waals surface area (Å²) >= 11 is 0. The molecule has 0 bridgehead atoms. The van der Waals surface area contributed by atoms with Crippen LogP contribution in [0.1, 0.15) is 16.8 Å². The van der Waals surface area contributed by atoms with Crippen molar-refractivity contribution in [1.29, 1.82) is 0 Å². The van der Waals surface area contributed by atoms with Crippen molar-refractivity contribution >= 4 is 17.7 Å². The number of nitrogens with zero attached hydrogens (tertiary/aromatic N) is 3. The summed E-state index contributed by atoms with van der Waals surface area (Å²) in [7, 11) is 3.49. The van der Waals surface area contributed by atoms with Crippen LogP contribution in [0.5, 0.6) is 0 Å². The lowest BCUT2D eigenvalue weighted by molar-refractivity contribution is 0.0600. The summed E-state index contributed by atoms with van der Waals surface area (Å²) in [6.45, 7) is 5.83. The first-order valence-electron chi connectivity index (χ1n) is 8.73. The van der Waals surface area contributed by atoms with E-state index in [9.17, 15) is 9.59 Å². The van der Waals surface area contributed by atoms with Crippen LogP contribution in [0.3, 0.4) is 0 Å². The Balaban J connectivity index is 1.55. The largest absolute Gasteiger partial charge is 0.465 e. The number of piperazine rings is 1. The van der Waals surface area contributed by atoms with Crippen LogP contribution in [-0.2, 0) is 4.74 Å². The highest BCUT2D eigenvalue weighted by Gasteiger charge is 2.31. The Morgan fingerprint density at radius 2 is 1.92 bits per heavy atom. The van der Waals surface area contributed by atoms with Crippen molar-refractivity contribution in [2.45, 2.75) is 12.5 Å². The Morgan fingerprint density at radius 3 is 2.64 bits per heavy atom. The fourth-order valence-electron chi connectivity index (χ4n) is 3.46. The van der Waals surface area contributed by atoms with Gasteiger partial charge in [0.05, 0.1) is 12.7 Å². The number of amides is 2. The van der Waals surface area contributed by atoms with Gasteiger partial charge in [-0.25, -0.2) is 9.59 Å². The van der Waals surface area contributed by atoms with E-state index < -0.39 is 5.97 Å². The number of rotatable bonds is 3. The molecule has 7 nitrogen and oxygen atoms in total. The van der Waals surface area contributed by atoms with Crippen LogP contribution in [0.2, 0.25) is 0 Å². The van der Waals surface area contributed by atoms with E-state index in [1.54, 1.807) is 24.3 Å². The molecule has 3 rings (SSSR count). The number of esters is 1. The van der Waals surface area contributed by atoms with E-state index in [0.29, 0.717) is 17.3 Å². The number of ether oxygens (including phenoxy) is 1. The zero-order chi connectivity index (χ0) is 17.8. The molecule has 1 unspecified atom stereocenters. The number of likely N-dealkylation sites (N-methyl/N-ethyl adjacent to an activating group) is 1. The maximum Gasteiger partial charge on any atom is 0.337 e. The van der Waals surface area contributed by atoms with Gasteiger partial charge in [0, 0.05) is 51.0 Å². The van der Waals surface area contributed by atoms with Gasteiger partial charge < -0.3 is 19.9 Å². The van der Waals surface area contributed by atoms with Gasteiger partial charge in [-0.05, 0) is 31.7 Å². The van der Waals surface area contributed by atoms with Crippen LogP contribution in [0.15, 0.2) is 24.3 Å². The molecule has 1 aromatic rings. The number of benzene rings is 1. The van der Waals surface area contributed by atoms with E-state index in [0.717, 1.165) is 45.7 Å². The van der Waals surface area contributed by atoms with Crippen LogP contribution >= 0.6 is 0 Å². The minimum atomic E-state index is -0.410. The Bertz CT molecular complexity index is 629. The van der Waals surface area contributed by atoms with Crippen molar-refractivity contribution < 1.29 is 14.3 Å². The molecule has 1 atom stereocenters. The summed E-state index contributed by atoms with van der Waals surface area (Å²) in [4.78, 5) is 30.8. The van der Waals surface area contributed by atoms with E-state index in [1.807, 2.05) is 4.90 Å².